The Hall–Kier alpha value is -2.68. The van der Waals surface area contributed by atoms with E-state index < -0.39 is 0 Å². The second-order valence-electron chi connectivity index (χ2n) is 6.64. The molecule has 0 radical (unpaired) electrons. The van der Waals surface area contributed by atoms with Crippen molar-refractivity contribution in [3.8, 4) is 0 Å². The number of ketones is 1. The molecule has 0 aromatic heterocycles. The van der Waals surface area contributed by atoms with Gasteiger partial charge in [0.1, 0.15) is 0 Å². The van der Waals surface area contributed by atoms with Gasteiger partial charge in [-0.25, -0.2) is 0 Å². The van der Waals surface area contributed by atoms with Gasteiger partial charge in [0.2, 0.25) is 0 Å². The minimum atomic E-state index is -0.0781. The Morgan fingerprint density at radius 2 is 1.54 bits per heavy atom. The van der Waals surface area contributed by atoms with Crippen LogP contribution in [-0.2, 0) is 0 Å². The van der Waals surface area contributed by atoms with Crippen LogP contribution >= 0.6 is 0 Å². The van der Waals surface area contributed by atoms with Crippen LogP contribution in [0.2, 0.25) is 0 Å². The fourth-order valence-corrected chi connectivity index (χ4v) is 2.90. The Bertz CT molecular complexity index is 906. The second kappa shape index (κ2) is 6.08. The first-order chi connectivity index (χ1) is 11.4. The molecule has 1 aliphatic carbocycles. The van der Waals surface area contributed by atoms with Gasteiger partial charge in [0.25, 0.3) is 0 Å². The van der Waals surface area contributed by atoms with Crippen molar-refractivity contribution in [3.63, 3.8) is 0 Å². The van der Waals surface area contributed by atoms with Gasteiger partial charge in [-0.05, 0) is 55.7 Å². The zero-order chi connectivity index (χ0) is 17.4. The molecule has 0 spiro atoms. The highest BCUT2D eigenvalue weighted by Crippen LogP contribution is 2.33. The van der Waals surface area contributed by atoms with Crippen LogP contribution < -0.4 is 10.7 Å². The normalized spacial score (nSPS) is 13.5. The molecule has 3 rings (SSSR count). The number of anilines is 1. The predicted molar refractivity (Wildman–Crippen MR) is 98.5 cm³/mol. The smallest absolute Gasteiger partial charge is 0.191 e. The lowest BCUT2D eigenvalue weighted by atomic mass is 10.0. The van der Waals surface area contributed by atoms with Crippen LogP contribution in [0.4, 0.5) is 5.69 Å². The second-order valence-corrected chi connectivity index (χ2v) is 6.64. The summed E-state index contributed by atoms with van der Waals surface area (Å²) in [4.78, 5) is 24.9. The molecular formula is C21H21NO2. The fourth-order valence-electron chi connectivity index (χ4n) is 2.90. The molecule has 0 amide bonds. The van der Waals surface area contributed by atoms with Gasteiger partial charge in [0.15, 0.2) is 11.2 Å². The number of benzene rings is 1. The zero-order valence-electron chi connectivity index (χ0n) is 14.4. The molecule has 0 saturated heterocycles. The maximum atomic E-state index is 12.7. The van der Waals surface area contributed by atoms with Gasteiger partial charge in [-0.3, -0.25) is 9.59 Å². The third-order valence-electron chi connectivity index (χ3n) is 4.41. The van der Waals surface area contributed by atoms with Crippen LogP contribution in [0, 0.1) is 6.92 Å². The number of aryl methyl sites for hydroxylation is 1. The molecule has 2 aromatic rings. The molecule has 0 bridgehead atoms. The minimum Gasteiger partial charge on any atom is -0.355 e. The third-order valence-corrected chi connectivity index (χ3v) is 4.41. The first kappa shape index (κ1) is 16.2. The SMILES string of the molecule is CC1=C(Nc2ccc(C)cc2)c2cc(=O)cc(C(C)C)cc2C1=O. The number of allylic oxidation sites excluding steroid dienone is 1. The maximum absolute atomic E-state index is 12.7. The Morgan fingerprint density at radius 3 is 2.17 bits per heavy atom. The van der Waals surface area contributed by atoms with E-state index in [1.165, 1.54) is 5.56 Å². The molecule has 0 aliphatic heterocycles. The van der Waals surface area contributed by atoms with E-state index in [1.54, 1.807) is 19.1 Å². The molecule has 2 aromatic carbocycles. The Kier molecular flexibility index (Phi) is 4.10. The molecule has 0 atom stereocenters. The Balaban J connectivity index is 2.13. The quantitative estimate of drug-likeness (QED) is 0.905. The van der Waals surface area contributed by atoms with Crippen molar-refractivity contribution in [2.45, 2.75) is 33.6 Å². The van der Waals surface area contributed by atoms with Crippen LogP contribution in [0.5, 0.6) is 0 Å². The van der Waals surface area contributed by atoms with Crippen LogP contribution in [0.1, 0.15) is 53.7 Å². The maximum Gasteiger partial charge on any atom is 0.191 e. The summed E-state index contributed by atoms with van der Waals surface area (Å²) in [6.45, 7) is 7.87. The van der Waals surface area contributed by atoms with E-state index in [2.05, 4.69) is 5.32 Å². The van der Waals surface area contributed by atoms with Gasteiger partial charge >= 0.3 is 0 Å². The van der Waals surface area contributed by atoms with Gasteiger partial charge < -0.3 is 5.32 Å². The van der Waals surface area contributed by atoms with Crippen molar-refractivity contribution in [1.29, 1.82) is 0 Å². The van der Waals surface area contributed by atoms with E-state index in [0.717, 1.165) is 16.9 Å². The first-order valence-electron chi connectivity index (χ1n) is 8.16. The van der Waals surface area contributed by atoms with Gasteiger partial charge in [0.05, 0.1) is 5.70 Å². The molecule has 0 fully saturated rings. The highest BCUT2D eigenvalue weighted by Gasteiger charge is 2.27. The number of fused-ring (bicyclic) bond motifs is 1. The average Bonchev–Trinajstić information content (AvgIpc) is 2.68. The molecular weight excluding hydrogens is 298 g/mol. The summed E-state index contributed by atoms with van der Waals surface area (Å²) >= 11 is 0. The van der Waals surface area contributed by atoms with E-state index in [9.17, 15) is 9.59 Å². The first-order valence-corrected chi connectivity index (χ1v) is 8.16. The summed E-state index contributed by atoms with van der Waals surface area (Å²) in [7, 11) is 0. The lowest BCUT2D eigenvalue weighted by molar-refractivity contribution is 0.103. The van der Waals surface area contributed by atoms with E-state index in [0.29, 0.717) is 16.7 Å². The Morgan fingerprint density at radius 1 is 0.875 bits per heavy atom. The molecule has 1 N–H and O–H groups in total. The van der Waals surface area contributed by atoms with Gasteiger partial charge in [0, 0.05) is 22.4 Å². The van der Waals surface area contributed by atoms with E-state index in [1.807, 2.05) is 51.1 Å². The third kappa shape index (κ3) is 2.90. The molecule has 1 aliphatic rings. The average molecular weight is 319 g/mol. The number of hydrogen-bond acceptors (Lipinski definition) is 3. The minimum absolute atomic E-state index is 0.0166. The lowest BCUT2D eigenvalue weighted by Crippen LogP contribution is -2.02. The fraction of sp³-hybridized carbons (Fsp3) is 0.238. The van der Waals surface area contributed by atoms with Gasteiger partial charge in [-0.1, -0.05) is 31.5 Å². The van der Waals surface area contributed by atoms with E-state index >= 15 is 0 Å². The number of hydrogen-bond donors (Lipinski definition) is 1. The van der Waals surface area contributed by atoms with Gasteiger partial charge in [-0.2, -0.15) is 0 Å². The Labute approximate surface area is 142 Å². The van der Waals surface area contributed by atoms with E-state index in [-0.39, 0.29) is 17.1 Å². The highest BCUT2D eigenvalue weighted by molar-refractivity contribution is 6.21. The van der Waals surface area contributed by atoms with Crippen molar-refractivity contribution in [1.82, 2.24) is 0 Å². The van der Waals surface area contributed by atoms with Crippen molar-refractivity contribution >= 4 is 17.2 Å². The molecule has 0 heterocycles. The summed E-state index contributed by atoms with van der Waals surface area (Å²) in [5, 5.41) is 3.31. The van der Waals surface area contributed by atoms with Crippen molar-refractivity contribution in [2.24, 2.45) is 0 Å². The summed E-state index contributed by atoms with van der Waals surface area (Å²) < 4.78 is 0. The van der Waals surface area contributed by atoms with Crippen LogP contribution in [0.3, 0.4) is 0 Å². The number of rotatable bonds is 3. The number of Topliss-reactive ketones (excluding diaryl/α,β-unsaturated/α-hetero) is 1. The summed E-state index contributed by atoms with van der Waals surface area (Å²) in [6.07, 6.45) is 0. The van der Waals surface area contributed by atoms with Crippen molar-refractivity contribution < 1.29 is 4.79 Å². The highest BCUT2D eigenvalue weighted by atomic mass is 16.1. The molecule has 0 unspecified atom stereocenters. The largest absolute Gasteiger partial charge is 0.355 e. The lowest BCUT2D eigenvalue weighted by Gasteiger charge is -2.09. The summed E-state index contributed by atoms with van der Waals surface area (Å²) in [5.41, 5.74) is 5.54. The van der Waals surface area contributed by atoms with Crippen LogP contribution in [0.25, 0.3) is 5.70 Å². The molecule has 3 heteroatoms. The number of nitrogens with one attached hydrogen (secondary N) is 1. The van der Waals surface area contributed by atoms with Crippen molar-refractivity contribution in [3.05, 3.63) is 80.5 Å². The van der Waals surface area contributed by atoms with Crippen LogP contribution in [-0.4, -0.2) is 5.78 Å². The summed E-state index contributed by atoms with van der Waals surface area (Å²) in [6, 6.07) is 13.0. The summed E-state index contributed by atoms with van der Waals surface area (Å²) in [5.74, 6) is 0.175. The van der Waals surface area contributed by atoms with Gasteiger partial charge in [-0.15, -0.1) is 0 Å². The number of carbonyl (C=O) groups excluding carboxylic acids is 1. The monoisotopic (exact) mass is 319 g/mol. The molecule has 0 saturated carbocycles. The van der Waals surface area contributed by atoms with E-state index in [4.69, 9.17) is 0 Å². The molecule has 122 valence electrons. The van der Waals surface area contributed by atoms with Crippen LogP contribution in [0.15, 0.2) is 52.8 Å². The number of carbonyl (C=O) groups is 1. The zero-order valence-corrected chi connectivity index (χ0v) is 14.4. The predicted octanol–water partition coefficient (Wildman–Crippen LogP) is 4.52. The molecule has 24 heavy (non-hydrogen) atoms. The molecule has 3 nitrogen and oxygen atoms in total. The topological polar surface area (TPSA) is 46.2 Å². The van der Waals surface area contributed by atoms with Crippen molar-refractivity contribution in [2.75, 3.05) is 5.32 Å². The standard InChI is InChI=1S/C21H21NO2/c1-12(2)15-9-17(23)11-18-19(10-15)21(24)14(4)20(18)22-16-7-5-13(3)6-8-16/h5-12,22H,1-4H3.